The van der Waals surface area contributed by atoms with Gasteiger partial charge in [0.1, 0.15) is 5.69 Å². The molecule has 5 rings (SSSR count). The minimum absolute atomic E-state index is 0.0431. The summed E-state index contributed by atoms with van der Waals surface area (Å²) in [4.78, 5) is 17.0. The van der Waals surface area contributed by atoms with E-state index in [-0.39, 0.29) is 11.8 Å². The molecular weight excluding hydrogens is 416 g/mol. The normalized spacial score (nSPS) is 18.5. The molecule has 170 valence electrons. The molecule has 8 nitrogen and oxygen atoms in total. The number of aryl methyl sites for hydroxylation is 2. The number of benzene rings is 1. The van der Waals surface area contributed by atoms with Crippen molar-refractivity contribution in [3.63, 3.8) is 0 Å². The fraction of sp³-hybridized carbons (Fsp3) is 0.400. The summed E-state index contributed by atoms with van der Waals surface area (Å²) in [5, 5.41) is 18.2. The first kappa shape index (κ1) is 21.3. The second-order valence-corrected chi connectivity index (χ2v) is 8.74. The minimum Gasteiger partial charge on any atom is -0.419 e. The average molecular weight is 445 g/mol. The Labute approximate surface area is 192 Å². The van der Waals surface area contributed by atoms with Crippen molar-refractivity contribution in [2.45, 2.75) is 52.0 Å². The number of nitrogens with zero attached hydrogens (tertiary/aromatic N) is 5. The number of fused-ring (bicyclic) bond motifs is 1. The largest absolute Gasteiger partial charge is 0.419 e. The fourth-order valence-corrected chi connectivity index (χ4v) is 4.63. The molecule has 1 aromatic carbocycles. The first-order chi connectivity index (χ1) is 16.1. The van der Waals surface area contributed by atoms with Crippen LogP contribution in [0.25, 0.3) is 22.4 Å². The van der Waals surface area contributed by atoms with Crippen LogP contribution in [-0.4, -0.2) is 37.4 Å². The Kier molecular flexibility index (Phi) is 5.90. The SMILES string of the molecule is CCn1cc(C(=O)NCC2CCC(c3nnc(-c4nccc5ccccc45)o3)CC2)c(C)n1. The number of aromatic nitrogens is 5. The third kappa shape index (κ3) is 4.37. The maximum absolute atomic E-state index is 12.6. The second kappa shape index (κ2) is 9.13. The van der Waals surface area contributed by atoms with Gasteiger partial charge in [-0.3, -0.25) is 14.5 Å². The van der Waals surface area contributed by atoms with E-state index in [1.807, 2.05) is 44.3 Å². The molecule has 33 heavy (non-hydrogen) atoms. The monoisotopic (exact) mass is 444 g/mol. The van der Waals surface area contributed by atoms with Crippen molar-refractivity contribution in [3.05, 3.63) is 59.9 Å². The van der Waals surface area contributed by atoms with Gasteiger partial charge in [0.2, 0.25) is 5.89 Å². The number of hydrogen-bond acceptors (Lipinski definition) is 6. The maximum atomic E-state index is 12.6. The first-order valence-corrected chi connectivity index (χ1v) is 11.6. The van der Waals surface area contributed by atoms with Gasteiger partial charge in [-0.05, 0) is 56.9 Å². The Morgan fingerprint density at radius 3 is 2.76 bits per heavy atom. The van der Waals surface area contributed by atoms with Crippen LogP contribution in [0.15, 0.2) is 47.1 Å². The molecule has 1 aliphatic carbocycles. The van der Waals surface area contributed by atoms with Gasteiger partial charge in [-0.1, -0.05) is 24.3 Å². The van der Waals surface area contributed by atoms with Crippen LogP contribution >= 0.6 is 0 Å². The molecule has 1 amide bonds. The van der Waals surface area contributed by atoms with Gasteiger partial charge in [0, 0.05) is 36.8 Å². The Bertz CT molecular complexity index is 1260. The Hall–Kier alpha value is -3.55. The van der Waals surface area contributed by atoms with Gasteiger partial charge >= 0.3 is 0 Å². The number of rotatable bonds is 6. The molecule has 3 heterocycles. The van der Waals surface area contributed by atoms with Crippen LogP contribution in [0.2, 0.25) is 0 Å². The number of pyridine rings is 1. The minimum atomic E-state index is -0.0431. The van der Waals surface area contributed by atoms with Crippen LogP contribution in [0.4, 0.5) is 0 Å². The van der Waals surface area contributed by atoms with Crippen molar-refractivity contribution in [3.8, 4) is 11.6 Å². The molecule has 0 saturated heterocycles. The molecule has 1 fully saturated rings. The number of hydrogen-bond donors (Lipinski definition) is 1. The van der Waals surface area contributed by atoms with E-state index in [9.17, 15) is 4.79 Å². The highest BCUT2D eigenvalue weighted by Gasteiger charge is 2.27. The molecule has 4 aromatic rings. The summed E-state index contributed by atoms with van der Waals surface area (Å²) in [5.41, 5.74) is 2.15. The quantitative estimate of drug-likeness (QED) is 0.470. The van der Waals surface area contributed by atoms with Gasteiger partial charge in [0.25, 0.3) is 11.8 Å². The lowest BCUT2D eigenvalue weighted by Crippen LogP contribution is -2.31. The maximum Gasteiger partial charge on any atom is 0.266 e. The van der Waals surface area contributed by atoms with E-state index in [4.69, 9.17) is 4.42 Å². The summed E-state index contributed by atoms with van der Waals surface area (Å²) in [6.07, 6.45) is 7.57. The van der Waals surface area contributed by atoms with Crippen molar-refractivity contribution < 1.29 is 9.21 Å². The van der Waals surface area contributed by atoms with Crippen molar-refractivity contribution >= 4 is 16.7 Å². The number of carbonyl (C=O) groups is 1. The second-order valence-electron chi connectivity index (χ2n) is 8.74. The van der Waals surface area contributed by atoms with Gasteiger partial charge in [-0.2, -0.15) is 5.10 Å². The third-order valence-corrected chi connectivity index (χ3v) is 6.58. The molecule has 1 N–H and O–H groups in total. The highest BCUT2D eigenvalue weighted by Crippen LogP contribution is 2.36. The van der Waals surface area contributed by atoms with Crippen LogP contribution < -0.4 is 5.32 Å². The Morgan fingerprint density at radius 1 is 1.15 bits per heavy atom. The lowest BCUT2D eigenvalue weighted by molar-refractivity contribution is 0.0941. The highest BCUT2D eigenvalue weighted by molar-refractivity contribution is 5.95. The number of amides is 1. The lowest BCUT2D eigenvalue weighted by atomic mass is 9.82. The van der Waals surface area contributed by atoms with Crippen LogP contribution in [0, 0.1) is 12.8 Å². The Balaban J connectivity index is 1.18. The molecular formula is C25H28N6O2. The molecule has 1 saturated carbocycles. The third-order valence-electron chi connectivity index (χ3n) is 6.58. The first-order valence-electron chi connectivity index (χ1n) is 11.6. The van der Waals surface area contributed by atoms with E-state index in [2.05, 4.69) is 31.7 Å². The van der Waals surface area contributed by atoms with Crippen molar-refractivity contribution in [2.75, 3.05) is 6.54 Å². The molecule has 3 aromatic heterocycles. The zero-order valence-corrected chi connectivity index (χ0v) is 19.0. The number of carbonyl (C=O) groups excluding carboxylic acids is 1. The van der Waals surface area contributed by atoms with Gasteiger partial charge in [0.05, 0.1) is 11.3 Å². The summed E-state index contributed by atoms with van der Waals surface area (Å²) in [5.74, 6) is 1.81. The van der Waals surface area contributed by atoms with E-state index in [1.165, 1.54) is 0 Å². The van der Waals surface area contributed by atoms with E-state index in [0.717, 1.165) is 54.4 Å². The topological polar surface area (TPSA) is 98.7 Å². The summed E-state index contributed by atoms with van der Waals surface area (Å²) in [6.45, 7) is 5.32. The predicted octanol–water partition coefficient (Wildman–Crippen LogP) is 4.51. The van der Waals surface area contributed by atoms with Crippen LogP contribution in [0.1, 0.15) is 60.5 Å². The van der Waals surface area contributed by atoms with E-state index < -0.39 is 0 Å². The average Bonchev–Trinajstić information content (AvgIpc) is 3.49. The summed E-state index contributed by atoms with van der Waals surface area (Å²) in [6, 6.07) is 10.0. The van der Waals surface area contributed by atoms with E-state index >= 15 is 0 Å². The van der Waals surface area contributed by atoms with E-state index in [1.54, 1.807) is 10.9 Å². The molecule has 8 heteroatoms. The van der Waals surface area contributed by atoms with Gasteiger partial charge in [-0.25, -0.2) is 0 Å². The molecule has 0 spiro atoms. The molecule has 0 bridgehead atoms. The lowest BCUT2D eigenvalue weighted by Gasteiger charge is -2.26. The smallest absolute Gasteiger partial charge is 0.266 e. The van der Waals surface area contributed by atoms with Gasteiger partial charge < -0.3 is 9.73 Å². The van der Waals surface area contributed by atoms with Crippen LogP contribution in [0.3, 0.4) is 0 Å². The summed E-state index contributed by atoms with van der Waals surface area (Å²) < 4.78 is 7.86. The number of nitrogens with one attached hydrogen (secondary N) is 1. The Morgan fingerprint density at radius 2 is 1.97 bits per heavy atom. The summed E-state index contributed by atoms with van der Waals surface area (Å²) >= 11 is 0. The standard InChI is InChI=1S/C25H28N6O2/c1-3-31-15-21(16(2)30-31)23(32)27-14-17-8-10-19(11-9-17)24-28-29-25(33-24)22-20-7-5-4-6-18(20)12-13-26-22/h4-7,12-13,15,17,19H,3,8-11,14H2,1-2H3,(H,27,32). The van der Waals surface area contributed by atoms with Crippen molar-refractivity contribution in [1.29, 1.82) is 0 Å². The molecule has 0 aliphatic heterocycles. The fourth-order valence-electron chi connectivity index (χ4n) is 4.63. The zero-order chi connectivity index (χ0) is 22.8. The molecule has 1 aliphatic rings. The predicted molar refractivity (Wildman–Crippen MR) is 125 cm³/mol. The van der Waals surface area contributed by atoms with Gasteiger partial charge in [-0.15, -0.1) is 10.2 Å². The summed E-state index contributed by atoms with van der Waals surface area (Å²) in [7, 11) is 0. The molecule has 0 unspecified atom stereocenters. The van der Waals surface area contributed by atoms with Crippen molar-refractivity contribution in [1.82, 2.24) is 30.3 Å². The zero-order valence-electron chi connectivity index (χ0n) is 19.0. The van der Waals surface area contributed by atoms with Crippen LogP contribution in [-0.2, 0) is 6.54 Å². The highest BCUT2D eigenvalue weighted by atomic mass is 16.4. The van der Waals surface area contributed by atoms with Crippen LogP contribution in [0.5, 0.6) is 0 Å². The van der Waals surface area contributed by atoms with Crippen molar-refractivity contribution in [2.24, 2.45) is 5.92 Å². The molecule has 0 atom stereocenters. The molecule has 0 radical (unpaired) electrons. The van der Waals surface area contributed by atoms with Gasteiger partial charge in [0.15, 0.2) is 0 Å². The van der Waals surface area contributed by atoms with E-state index in [0.29, 0.717) is 29.8 Å².